The molecule has 1 heteroatoms. The van der Waals surface area contributed by atoms with E-state index in [0.717, 1.165) is 23.7 Å². The second kappa shape index (κ2) is 2.47. The van der Waals surface area contributed by atoms with Gasteiger partial charge in [0.05, 0.1) is 0 Å². The maximum atomic E-state index is 2.57. The summed E-state index contributed by atoms with van der Waals surface area (Å²) in [5.74, 6) is 4.39. The smallest absolute Gasteiger partial charge is 0.000949 e. The van der Waals surface area contributed by atoms with Crippen LogP contribution in [0.5, 0.6) is 0 Å². The van der Waals surface area contributed by atoms with Crippen LogP contribution in [0.2, 0.25) is 0 Å². The van der Waals surface area contributed by atoms with Gasteiger partial charge in [-0.1, -0.05) is 0 Å². The summed E-state index contributed by atoms with van der Waals surface area (Å²) in [6.07, 6.45) is 6.27. The van der Waals surface area contributed by atoms with E-state index in [2.05, 4.69) is 11.9 Å². The van der Waals surface area contributed by atoms with Gasteiger partial charge < -0.3 is 4.90 Å². The molecule has 68 valence electrons. The Labute approximate surface area is 75.1 Å². The predicted molar refractivity (Wildman–Crippen MR) is 49.9 cm³/mol. The average molecular weight is 165 g/mol. The van der Waals surface area contributed by atoms with E-state index in [0.29, 0.717) is 0 Å². The molecular weight excluding hydrogens is 146 g/mol. The first-order valence-electron chi connectivity index (χ1n) is 5.51. The van der Waals surface area contributed by atoms with Crippen molar-refractivity contribution in [2.75, 3.05) is 20.1 Å². The Kier molecular flexibility index (Phi) is 1.52. The molecule has 4 bridgehead atoms. The molecule has 2 aliphatic carbocycles. The molecular formula is C11H19N. The molecule has 0 radical (unpaired) electrons. The quantitative estimate of drug-likeness (QED) is 0.530. The highest BCUT2D eigenvalue weighted by Crippen LogP contribution is 2.50. The van der Waals surface area contributed by atoms with Crippen molar-refractivity contribution in [2.24, 2.45) is 23.7 Å². The van der Waals surface area contributed by atoms with Gasteiger partial charge in [0.1, 0.15) is 0 Å². The van der Waals surface area contributed by atoms with E-state index in [1.165, 1.54) is 13.1 Å². The van der Waals surface area contributed by atoms with Crippen molar-refractivity contribution in [3.8, 4) is 0 Å². The Morgan fingerprint density at radius 3 is 1.92 bits per heavy atom. The number of hydrogen-bond acceptors (Lipinski definition) is 1. The van der Waals surface area contributed by atoms with Crippen molar-refractivity contribution in [2.45, 2.75) is 25.7 Å². The third kappa shape index (κ3) is 0.953. The number of fused-ring (bicyclic) bond motifs is 6. The van der Waals surface area contributed by atoms with Gasteiger partial charge in [0, 0.05) is 13.1 Å². The topological polar surface area (TPSA) is 3.24 Å². The fourth-order valence-corrected chi connectivity index (χ4v) is 4.01. The minimum atomic E-state index is 1.08. The molecule has 3 fully saturated rings. The van der Waals surface area contributed by atoms with Crippen LogP contribution < -0.4 is 0 Å². The molecule has 1 saturated heterocycles. The monoisotopic (exact) mass is 165 g/mol. The van der Waals surface area contributed by atoms with E-state index < -0.39 is 0 Å². The summed E-state index contributed by atoms with van der Waals surface area (Å²) in [5, 5.41) is 0. The highest BCUT2D eigenvalue weighted by molar-refractivity contribution is 4.95. The van der Waals surface area contributed by atoms with Gasteiger partial charge >= 0.3 is 0 Å². The van der Waals surface area contributed by atoms with Crippen LogP contribution in [0.25, 0.3) is 0 Å². The van der Waals surface area contributed by atoms with Gasteiger partial charge in [0.15, 0.2) is 0 Å². The molecule has 3 aliphatic rings. The van der Waals surface area contributed by atoms with Crippen LogP contribution in [0.4, 0.5) is 0 Å². The molecule has 0 aromatic heterocycles. The van der Waals surface area contributed by atoms with Gasteiger partial charge in [0.2, 0.25) is 0 Å². The molecule has 0 aromatic carbocycles. The molecule has 12 heavy (non-hydrogen) atoms. The molecule has 0 N–H and O–H groups in total. The van der Waals surface area contributed by atoms with Gasteiger partial charge in [-0.25, -0.2) is 0 Å². The zero-order valence-corrected chi connectivity index (χ0v) is 8.00. The first-order chi connectivity index (χ1) is 5.83. The summed E-state index contributed by atoms with van der Waals surface area (Å²) in [5.41, 5.74) is 0. The van der Waals surface area contributed by atoms with Gasteiger partial charge in [0.25, 0.3) is 0 Å². The molecule has 0 aromatic rings. The van der Waals surface area contributed by atoms with Crippen LogP contribution in [-0.4, -0.2) is 25.0 Å². The van der Waals surface area contributed by atoms with Gasteiger partial charge in [-0.15, -0.1) is 0 Å². The minimum absolute atomic E-state index is 1.08. The van der Waals surface area contributed by atoms with E-state index >= 15 is 0 Å². The Hall–Kier alpha value is -0.0400. The van der Waals surface area contributed by atoms with Crippen molar-refractivity contribution in [1.29, 1.82) is 0 Å². The third-order valence-corrected chi connectivity index (χ3v) is 4.54. The van der Waals surface area contributed by atoms with Crippen LogP contribution in [-0.2, 0) is 0 Å². The van der Waals surface area contributed by atoms with E-state index in [1.54, 1.807) is 25.7 Å². The normalized spacial score (nSPS) is 52.8. The number of likely N-dealkylation sites (tertiary alicyclic amines) is 1. The highest BCUT2D eigenvalue weighted by Gasteiger charge is 2.44. The van der Waals surface area contributed by atoms with Gasteiger partial charge in [-0.05, 0) is 56.4 Å². The van der Waals surface area contributed by atoms with Crippen molar-refractivity contribution in [3.05, 3.63) is 0 Å². The Bertz CT molecular complexity index is 171. The summed E-state index contributed by atoms with van der Waals surface area (Å²) < 4.78 is 0. The fourth-order valence-electron chi connectivity index (χ4n) is 4.01. The lowest BCUT2D eigenvalue weighted by Crippen LogP contribution is -2.44. The van der Waals surface area contributed by atoms with E-state index in [9.17, 15) is 0 Å². The second-order valence-corrected chi connectivity index (χ2v) is 5.31. The predicted octanol–water partition coefficient (Wildman–Crippen LogP) is 1.98. The molecule has 1 aliphatic heterocycles. The first kappa shape index (κ1) is 7.37. The van der Waals surface area contributed by atoms with E-state index in [-0.39, 0.29) is 0 Å². The lowest BCUT2D eigenvalue weighted by Gasteiger charge is -2.43. The first-order valence-corrected chi connectivity index (χ1v) is 5.51. The summed E-state index contributed by atoms with van der Waals surface area (Å²) in [7, 11) is 2.31. The highest BCUT2D eigenvalue weighted by atomic mass is 15.1. The zero-order chi connectivity index (χ0) is 8.13. The van der Waals surface area contributed by atoms with Gasteiger partial charge in [-0.3, -0.25) is 0 Å². The van der Waals surface area contributed by atoms with Crippen molar-refractivity contribution < 1.29 is 0 Å². The summed E-state index contributed by atoms with van der Waals surface area (Å²) in [6, 6.07) is 0. The van der Waals surface area contributed by atoms with E-state index in [1.807, 2.05) is 0 Å². The number of nitrogens with zero attached hydrogens (tertiary/aromatic N) is 1. The SMILES string of the molecule is CN1CC2CC(C1)C1CCC2C1. The standard InChI is InChI=1S/C11H19N/c1-12-6-10-5-11(7-12)9-3-2-8(10)4-9/h8-11H,2-7H2,1H3. The zero-order valence-electron chi connectivity index (χ0n) is 8.00. The van der Waals surface area contributed by atoms with Crippen LogP contribution in [0, 0.1) is 23.7 Å². The molecule has 2 saturated carbocycles. The van der Waals surface area contributed by atoms with Crippen LogP contribution in [0.3, 0.4) is 0 Å². The summed E-state index contributed by atoms with van der Waals surface area (Å²) >= 11 is 0. The van der Waals surface area contributed by atoms with Crippen molar-refractivity contribution in [3.63, 3.8) is 0 Å². The van der Waals surface area contributed by atoms with Crippen LogP contribution >= 0.6 is 0 Å². The van der Waals surface area contributed by atoms with Crippen molar-refractivity contribution in [1.82, 2.24) is 4.90 Å². The summed E-state index contributed by atoms with van der Waals surface area (Å²) in [6.45, 7) is 2.79. The molecule has 4 atom stereocenters. The third-order valence-electron chi connectivity index (χ3n) is 4.54. The maximum Gasteiger partial charge on any atom is 0.000949 e. The molecule has 1 heterocycles. The second-order valence-electron chi connectivity index (χ2n) is 5.31. The molecule has 1 nitrogen and oxygen atoms in total. The lowest BCUT2D eigenvalue weighted by atomic mass is 9.71. The van der Waals surface area contributed by atoms with Crippen molar-refractivity contribution >= 4 is 0 Å². The number of piperidine rings is 1. The fraction of sp³-hybridized carbons (Fsp3) is 1.00. The number of hydrogen-bond donors (Lipinski definition) is 0. The maximum absolute atomic E-state index is 2.57. The number of rotatable bonds is 0. The summed E-state index contributed by atoms with van der Waals surface area (Å²) in [4.78, 5) is 2.57. The lowest BCUT2D eigenvalue weighted by molar-refractivity contribution is 0.0549. The Morgan fingerprint density at radius 1 is 0.833 bits per heavy atom. The molecule has 4 unspecified atom stereocenters. The van der Waals surface area contributed by atoms with Crippen LogP contribution in [0.1, 0.15) is 25.7 Å². The average Bonchev–Trinajstić information content (AvgIpc) is 2.46. The van der Waals surface area contributed by atoms with Gasteiger partial charge in [-0.2, -0.15) is 0 Å². The largest absolute Gasteiger partial charge is 0.306 e. The minimum Gasteiger partial charge on any atom is -0.306 e. The van der Waals surface area contributed by atoms with E-state index in [4.69, 9.17) is 0 Å². The Balaban J connectivity index is 1.86. The molecule has 0 spiro atoms. The Morgan fingerprint density at radius 2 is 1.33 bits per heavy atom. The molecule has 3 rings (SSSR count). The van der Waals surface area contributed by atoms with Crippen LogP contribution in [0.15, 0.2) is 0 Å². The molecule has 0 amide bonds.